The van der Waals surface area contributed by atoms with E-state index >= 15 is 0 Å². The summed E-state index contributed by atoms with van der Waals surface area (Å²) in [7, 11) is 0. The van der Waals surface area contributed by atoms with Gasteiger partial charge in [-0.1, -0.05) is 6.07 Å². The van der Waals surface area contributed by atoms with Crippen LogP contribution in [0.15, 0.2) is 59.4 Å². The Kier molecular flexibility index (Phi) is 4.31. The number of hydrogen-bond acceptors (Lipinski definition) is 4. The summed E-state index contributed by atoms with van der Waals surface area (Å²) in [5.74, 6) is -0.970. The minimum Gasteiger partial charge on any atom is -0.472 e. The molecule has 0 atom stereocenters. The summed E-state index contributed by atoms with van der Waals surface area (Å²) >= 11 is 0. The van der Waals surface area contributed by atoms with Crippen LogP contribution in [0.3, 0.4) is 0 Å². The maximum atomic E-state index is 13.4. The molecule has 2 heterocycles. The summed E-state index contributed by atoms with van der Waals surface area (Å²) in [6.45, 7) is 0. The monoisotopic (exact) mass is 396 g/mol. The maximum Gasteiger partial charge on any atom is 0.418 e. The van der Waals surface area contributed by atoms with Crippen LogP contribution in [0.5, 0.6) is 0 Å². The average molecular weight is 396 g/mol. The number of carbonyl (C=O) groups excluding carboxylic acids is 1. The van der Waals surface area contributed by atoms with Crippen LogP contribution in [-0.2, 0) is 6.18 Å². The number of nitriles is 1. The fourth-order valence-corrected chi connectivity index (χ4v) is 3.05. The van der Waals surface area contributed by atoms with E-state index in [0.717, 1.165) is 12.1 Å². The molecular weight excluding hydrogens is 385 g/mol. The minimum absolute atomic E-state index is 0.282. The molecule has 2 aromatic carbocycles. The Morgan fingerprint density at radius 3 is 2.72 bits per heavy atom. The molecule has 4 rings (SSSR count). The molecule has 0 aliphatic heterocycles. The molecule has 1 amide bonds. The first-order valence-corrected chi connectivity index (χ1v) is 8.31. The molecule has 29 heavy (non-hydrogen) atoms. The molecule has 0 spiro atoms. The van der Waals surface area contributed by atoms with E-state index in [4.69, 9.17) is 9.68 Å². The zero-order valence-corrected chi connectivity index (χ0v) is 14.5. The number of rotatable bonds is 3. The number of nitrogens with zero attached hydrogens (tertiary/aromatic N) is 2. The number of aromatic amines is 1. The summed E-state index contributed by atoms with van der Waals surface area (Å²) in [6.07, 6.45) is -1.85. The number of fused-ring (bicyclic) bond motifs is 1. The van der Waals surface area contributed by atoms with E-state index in [0.29, 0.717) is 22.2 Å². The number of nitrogens with one attached hydrogen (secondary N) is 2. The predicted octanol–water partition coefficient (Wildman–Crippen LogP) is 4.97. The number of anilines is 1. The van der Waals surface area contributed by atoms with Crippen LogP contribution in [0, 0.1) is 11.3 Å². The molecule has 0 radical (unpaired) electrons. The van der Waals surface area contributed by atoms with Crippen LogP contribution in [-0.4, -0.2) is 16.1 Å². The van der Waals surface area contributed by atoms with Crippen molar-refractivity contribution in [3.05, 3.63) is 71.7 Å². The predicted molar refractivity (Wildman–Crippen MR) is 97.9 cm³/mol. The van der Waals surface area contributed by atoms with Gasteiger partial charge < -0.3 is 9.73 Å². The fourth-order valence-electron chi connectivity index (χ4n) is 3.05. The molecule has 2 N–H and O–H groups in total. The standard InChI is InChI=1S/C20H11F3N4O2/c21-20(22,23)17-11(9-24)2-1-3-14(17)19(28)25-13-4-5-16-15(8-13)18(27-26-16)12-6-7-29-10-12/h1-8,10H,(H,25,28)(H,26,27). The van der Waals surface area contributed by atoms with Gasteiger partial charge in [-0.2, -0.15) is 23.5 Å². The van der Waals surface area contributed by atoms with E-state index in [1.54, 1.807) is 24.3 Å². The number of aromatic nitrogens is 2. The second kappa shape index (κ2) is 6.83. The van der Waals surface area contributed by atoms with E-state index in [1.807, 2.05) is 0 Å². The van der Waals surface area contributed by atoms with Crippen molar-refractivity contribution < 1.29 is 22.4 Å². The van der Waals surface area contributed by atoms with Gasteiger partial charge in [0.1, 0.15) is 5.69 Å². The molecule has 0 bridgehead atoms. The first-order chi connectivity index (χ1) is 13.9. The number of hydrogen-bond donors (Lipinski definition) is 2. The van der Waals surface area contributed by atoms with Crippen LogP contribution in [0.4, 0.5) is 18.9 Å². The second-order valence-corrected chi connectivity index (χ2v) is 6.14. The molecular formula is C20H11F3N4O2. The number of H-pyrrole nitrogens is 1. The third-order valence-electron chi connectivity index (χ3n) is 4.33. The van der Waals surface area contributed by atoms with Gasteiger partial charge in [0.25, 0.3) is 5.91 Å². The molecule has 0 aliphatic rings. The highest BCUT2D eigenvalue weighted by Gasteiger charge is 2.38. The van der Waals surface area contributed by atoms with Crippen molar-refractivity contribution in [2.24, 2.45) is 0 Å². The van der Waals surface area contributed by atoms with E-state index < -0.39 is 28.8 Å². The third-order valence-corrected chi connectivity index (χ3v) is 4.33. The van der Waals surface area contributed by atoms with Crippen LogP contribution >= 0.6 is 0 Å². The van der Waals surface area contributed by atoms with Gasteiger partial charge in [0.05, 0.1) is 40.8 Å². The van der Waals surface area contributed by atoms with Gasteiger partial charge >= 0.3 is 6.18 Å². The lowest BCUT2D eigenvalue weighted by atomic mass is 10.0. The van der Waals surface area contributed by atoms with Crippen molar-refractivity contribution in [1.29, 1.82) is 5.26 Å². The zero-order valence-electron chi connectivity index (χ0n) is 14.5. The highest BCUT2D eigenvalue weighted by molar-refractivity contribution is 6.07. The molecule has 6 nitrogen and oxygen atoms in total. The Morgan fingerprint density at radius 1 is 1.21 bits per heavy atom. The zero-order chi connectivity index (χ0) is 20.6. The number of alkyl halides is 3. The summed E-state index contributed by atoms with van der Waals surface area (Å²) in [5.41, 5.74) is -0.251. The van der Waals surface area contributed by atoms with Crippen molar-refractivity contribution in [2.45, 2.75) is 6.18 Å². The summed E-state index contributed by atoms with van der Waals surface area (Å²) in [5, 5.41) is 19.2. The molecule has 0 fully saturated rings. The molecule has 4 aromatic rings. The van der Waals surface area contributed by atoms with Gasteiger partial charge in [0, 0.05) is 16.6 Å². The van der Waals surface area contributed by atoms with Gasteiger partial charge in [-0.05, 0) is 36.4 Å². The third kappa shape index (κ3) is 3.32. The SMILES string of the molecule is N#Cc1cccc(C(=O)Nc2ccc3[nH]nc(-c4ccoc4)c3c2)c1C(F)(F)F. The molecule has 9 heteroatoms. The van der Waals surface area contributed by atoms with Crippen molar-refractivity contribution in [3.63, 3.8) is 0 Å². The smallest absolute Gasteiger partial charge is 0.418 e. The lowest BCUT2D eigenvalue weighted by Crippen LogP contribution is -2.20. The Bertz CT molecular complexity index is 1250. The summed E-state index contributed by atoms with van der Waals surface area (Å²) in [6, 6.07) is 11.3. The van der Waals surface area contributed by atoms with Crippen molar-refractivity contribution in [3.8, 4) is 17.3 Å². The highest BCUT2D eigenvalue weighted by atomic mass is 19.4. The van der Waals surface area contributed by atoms with Crippen molar-refractivity contribution >= 4 is 22.5 Å². The number of benzene rings is 2. The normalized spacial score (nSPS) is 11.4. The summed E-state index contributed by atoms with van der Waals surface area (Å²) in [4.78, 5) is 12.6. The quantitative estimate of drug-likeness (QED) is 0.511. The second-order valence-electron chi connectivity index (χ2n) is 6.14. The number of carbonyl (C=O) groups is 1. The van der Waals surface area contributed by atoms with Crippen LogP contribution in [0.1, 0.15) is 21.5 Å². The van der Waals surface area contributed by atoms with Crippen LogP contribution in [0.2, 0.25) is 0 Å². The van der Waals surface area contributed by atoms with E-state index in [9.17, 15) is 18.0 Å². The fraction of sp³-hybridized carbons (Fsp3) is 0.0500. The summed E-state index contributed by atoms with van der Waals surface area (Å²) < 4.78 is 45.3. The lowest BCUT2D eigenvalue weighted by molar-refractivity contribution is -0.138. The molecule has 0 unspecified atom stereocenters. The first kappa shape index (κ1) is 18.3. The Hall–Kier alpha value is -4.06. The Morgan fingerprint density at radius 2 is 2.03 bits per heavy atom. The van der Waals surface area contributed by atoms with Crippen LogP contribution < -0.4 is 5.32 Å². The van der Waals surface area contributed by atoms with Gasteiger partial charge in [-0.3, -0.25) is 9.89 Å². The molecule has 0 aliphatic carbocycles. The minimum atomic E-state index is -4.85. The van der Waals surface area contributed by atoms with E-state index in [-0.39, 0.29) is 5.69 Å². The largest absolute Gasteiger partial charge is 0.472 e. The molecule has 144 valence electrons. The van der Waals surface area contributed by atoms with Gasteiger partial charge in [0.2, 0.25) is 0 Å². The number of furan rings is 1. The molecule has 0 saturated carbocycles. The average Bonchev–Trinajstić information content (AvgIpc) is 3.35. The maximum absolute atomic E-state index is 13.4. The molecule has 0 saturated heterocycles. The van der Waals surface area contributed by atoms with Gasteiger partial charge in [0.15, 0.2) is 0 Å². The first-order valence-electron chi connectivity index (χ1n) is 8.31. The number of amides is 1. The van der Waals surface area contributed by atoms with Gasteiger partial charge in [-0.15, -0.1) is 0 Å². The van der Waals surface area contributed by atoms with E-state index in [1.165, 1.54) is 24.7 Å². The Balaban J connectivity index is 1.72. The van der Waals surface area contributed by atoms with Gasteiger partial charge in [-0.25, -0.2) is 0 Å². The molecule has 2 aromatic heterocycles. The van der Waals surface area contributed by atoms with E-state index in [2.05, 4.69) is 15.5 Å². The van der Waals surface area contributed by atoms with Crippen LogP contribution in [0.25, 0.3) is 22.2 Å². The van der Waals surface area contributed by atoms with Crippen molar-refractivity contribution in [1.82, 2.24) is 10.2 Å². The topological polar surface area (TPSA) is 94.7 Å². The van der Waals surface area contributed by atoms with Crippen molar-refractivity contribution in [2.75, 3.05) is 5.32 Å². The Labute approximate surface area is 161 Å². The lowest BCUT2D eigenvalue weighted by Gasteiger charge is -2.14. The highest BCUT2D eigenvalue weighted by Crippen LogP contribution is 2.35. The number of halogens is 3.